The molecule has 0 bridgehead atoms. The summed E-state index contributed by atoms with van der Waals surface area (Å²) in [4.78, 5) is 32.9. The Morgan fingerprint density at radius 2 is 2.16 bits per heavy atom. The largest absolute Gasteiger partial charge is 0.495 e. The summed E-state index contributed by atoms with van der Waals surface area (Å²) in [5, 5.41) is 5.55. The number of aryl methyl sites for hydroxylation is 2. The van der Waals surface area contributed by atoms with Crippen LogP contribution in [-0.4, -0.2) is 32.6 Å². The van der Waals surface area contributed by atoms with E-state index >= 15 is 0 Å². The van der Waals surface area contributed by atoms with Crippen molar-refractivity contribution in [3.05, 3.63) is 51.7 Å². The maximum absolute atomic E-state index is 12.4. The van der Waals surface area contributed by atoms with Crippen LogP contribution in [0.4, 0.5) is 5.69 Å². The highest BCUT2D eigenvalue weighted by molar-refractivity contribution is 5.92. The maximum Gasteiger partial charge on any atom is 0.277 e. The molecular formula is C17H19N5O3. The highest BCUT2D eigenvalue weighted by Gasteiger charge is 2.14. The number of rotatable bonds is 5. The highest BCUT2D eigenvalue weighted by atomic mass is 16.5. The SMILES string of the molecule is COc1ccc(C)cc1NC(=O)CCc1c(C)nc2nc[nH]n2c1=O. The molecule has 0 spiro atoms. The molecule has 2 aromatic heterocycles. The minimum atomic E-state index is -0.235. The second-order valence-electron chi connectivity index (χ2n) is 5.76. The van der Waals surface area contributed by atoms with Crippen LogP contribution in [0.25, 0.3) is 5.78 Å². The monoisotopic (exact) mass is 341 g/mol. The van der Waals surface area contributed by atoms with Crippen LogP contribution in [0.1, 0.15) is 23.2 Å². The zero-order valence-electron chi connectivity index (χ0n) is 14.3. The average molecular weight is 341 g/mol. The van der Waals surface area contributed by atoms with E-state index in [1.807, 2.05) is 19.1 Å². The van der Waals surface area contributed by atoms with Crippen molar-refractivity contribution in [3.8, 4) is 5.75 Å². The lowest BCUT2D eigenvalue weighted by Crippen LogP contribution is -2.23. The third kappa shape index (κ3) is 3.37. The minimum Gasteiger partial charge on any atom is -0.495 e. The molecule has 0 aliphatic carbocycles. The molecule has 2 N–H and O–H groups in total. The Morgan fingerprint density at radius 1 is 1.36 bits per heavy atom. The Balaban J connectivity index is 1.75. The van der Waals surface area contributed by atoms with E-state index in [1.54, 1.807) is 20.1 Å². The van der Waals surface area contributed by atoms with Gasteiger partial charge in [0.1, 0.15) is 12.1 Å². The molecule has 0 unspecified atom stereocenters. The number of ether oxygens (including phenoxy) is 1. The number of methoxy groups -OCH3 is 1. The van der Waals surface area contributed by atoms with E-state index in [1.165, 1.54) is 10.8 Å². The first-order valence-electron chi connectivity index (χ1n) is 7.85. The molecule has 0 fully saturated rings. The number of anilines is 1. The molecule has 0 saturated heterocycles. The second-order valence-corrected chi connectivity index (χ2v) is 5.76. The van der Waals surface area contributed by atoms with Gasteiger partial charge in [0.2, 0.25) is 5.91 Å². The minimum absolute atomic E-state index is 0.162. The lowest BCUT2D eigenvalue weighted by atomic mass is 10.1. The summed E-state index contributed by atoms with van der Waals surface area (Å²) in [6.07, 6.45) is 1.86. The van der Waals surface area contributed by atoms with Crippen molar-refractivity contribution in [1.29, 1.82) is 0 Å². The fraction of sp³-hybridized carbons (Fsp3) is 0.294. The third-order valence-corrected chi connectivity index (χ3v) is 3.96. The zero-order chi connectivity index (χ0) is 18.0. The predicted octanol–water partition coefficient (Wildman–Crippen LogP) is 1.61. The van der Waals surface area contributed by atoms with Gasteiger partial charge < -0.3 is 10.1 Å². The molecule has 0 radical (unpaired) electrons. The summed E-state index contributed by atoms with van der Waals surface area (Å²) < 4.78 is 6.52. The van der Waals surface area contributed by atoms with E-state index in [0.717, 1.165) is 5.56 Å². The van der Waals surface area contributed by atoms with Gasteiger partial charge in [0.05, 0.1) is 18.5 Å². The summed E-state index contributed by atoms with van der Waals surface area (Å²) in [7, 11) is 1.55. The van der Waals surface area contributed by atoms with Crippen molar-refractivity contribution >= 4 is 17.4 Å². The van der Waals surface area contributed by atoms with Crippen molar-refractivity contribution < 1.29 is 9.53 Å². The summed E-state index contributed by atoms with van der Waals surface area (Å²) in [6, 6.07) is 5.55. The third-order valence-electron chi connectivity index (χ3n) is 3.96. The topological polar surface area (TPSA) is 101 Å². The van der Waals surface area contributed by atoms with Gasteiger partial charge in [0.15, 0.2) is 0 Å². The van der Waals surface area contributed by atoms with Crippen LogP contribution in [0.5, 0.6) is 5.75 Å². The van der Waals surface area contributed by atoms with E-state index in [9.17, 15) is 9.59 Å². The number of nitrogens with one attached hydrogen (secondary N) is 2. The predicted molar refractivity (Wildman–Crippen MR) is 93.0 cm³/mol. The lowest BCUT2D eigenvalue weighted by Gasteiger charge is -2.11. The normalized spacial score (nSPS) is 10.8. The highest BCUT2D eigenvalue weighted by Crippen LogP contribution is 2.25. The van der Waals surface area contributed by atoms with E-state index in [2.05, 4.69) is 20.4 Å². The van der Waals surface area contributed by atoms with Crippen LogP contribution in [0.3, 0.4) is 0 Å². The molecule has 8 nitrogen and oxygen atoms in total. The van der Waals surface area contributed by atoms with Crippen LogP contribution < -0.4 is 15.6 Å². The van der Waals surface area contributed by atoms with Gasteiger partial charge in [0.25, 0.3) is 11.3 Å². The van der Waals surface area contributed by atoms with Gasteiger partial charge in [-0.2, -0.15) is 4.52 Å². The van der Waals surface area contributed by atoms with Crippen LogP contribution in [0.15, 0.2) is 29.3 Å². The Hall–Kier alpha value is -3.16. The molecule has 0 aliphatic heterocycles. The molecule has 3 aromatic rings. The first kappa shape index (κ1) is 16.7. The fourth-order valence-corrected chi connectivity index (χ4v) is 2.65. The average Bonchev–Trinajstić information content (AvgIpc) is 3.03. The Labute approximate surface area is 143 Å². The van der Waals surface area contributed by atoms with Gasteiger partial charge >= 0.3 is 0 Å². The van der Waals surface area contributed by atoms with E-state index in [4.69, 9.17) is 4.74 Å². The van der Waals surface area contributed by atoms with E-state index < -0.39 is 0 Å². The van der Waals surface area contributed by atoms with Crippen molar-refractivity contribution in [2.24, 2.45) is 0 Å². The van der Waals surface area contributed by atoms with Gasteiger partial charge in [-0.1, -0.05) is 6.07 Å². The molecule has 1 amide bonds. The molecule has 25 heavy (non-hydrogen) atoms. The molecule has 0 atom stereocenters. The van der Waals surface area contributed by atoms with Crippen LogP contribution in [0.2, 0.25) is 0 Å². The van der Waals surface area contributed by atoms with Crippen molar-refractivity contribution in [1.82, 2.24) is 19.6 Å². The molecular weight excluding hydrogens is 322 g/mol. The number of benzene rings is 1. The van der Waals surface area contributed by atoms with Crippen LogP contribution in [-0.2, 0) is 11.2 Å². The van der Waals surface area contributed by atoms with Gasteiger partial charge in [0, 0.05) is 12.0 Å². The van der Waals surface area contributed by atoms with E-state index in [-0.39, 0.29) is 17.9 Å². The summed E-state index contributed by atoms with van der Waals surface area (Å²) >= 11 is 0. The zero-order valence-corrected chi connectivity index (χ0v) is 14.3. The Kier molecular flexibility index (Phi) is 4.51. The lowest BCUT2D eigenvalue weighted by molar-refractivity contribution is -0.116. The number of hydrogen-bond donors (Lipinski definition) is 2. The summed E-state index contributed by atoms with van der Waals surface area (Å²) in [5.74, 6) is 0.716. The summed E-state index contributed by atoms with van der Waals surface area (Å²) in [5.41, 5.74) is 2.47. The number of aromatic nitrogens is 4. The number of carbonyl (C=O) groups excluding carboxylic acids is 1. The van der Waals surface area contributed by atoms with Crippen LogP contribution >= 0.6 is 0 Å². The van der Waals surface area contributed by atoms with Gasteiger partial charge in [-0.05, 0) is 38.0 Å². The van der Waals surface area contributed by atoms with Crippen molar-refractivity contribution in [2.45, 2.75) is 26.7 Å². The van der Waals surface area contributed by atoms with Gasteiger partial charge in [-0.3, -0.25) is 14.7 Å². The molecule has 2 heterocycles. The molecule has 8 heteroatoms. The number of H-pyrrole nitrogens is 1. The number of nitrogens with zero attached hydrogens (tertiary/aromatic N) is 3. The number of hydrogen-bond acceptors (Lipinski definition) is 5. The molecule has 0 aliphatic rings. The molecule has 1 aromatic carbocycles. The molecule has 130 valence electrons. The van der Waals surface area contributed by atoms with Gasteiger partial charge in [-0.15, -0.1) is 0 Å². The number of carbonyl (C=O) groups is 1. The summed E-state index contributed by atoms with van der Waals surface area (Å²) in [6.45, 7) is 3.68. The fourth-order valence-electron chi connectivity index (χ4n) is 2.65. The number of aromatic amines is 1. The Morgan fingerprint density at radius 3 is 2.92 bits per heavy atom. The maximum atomic E-state index is 12.4. The number of amides is 1. The molecule has 0 saturated carbocycles. The Bertz CT molecular complexity index is 990. The van der Waals surface area contributed by atoms with Crippen LogP contribution in [0, 0.1) is 13.8 Å². The quantitative estimate of drug-likeness (QED) is 0.734. The smallest absolute Gasteiger partial charge is 0.277 e. The first-order valence-corrected chi connectivity index (χ1v) is 7.85. The first-order chi connectivity index (χ1) is 12.0. The van der Waals surface area contributed by atoms with E-state index in [0.29, 0.717) is 34.9 Å². The second kappa shape index (κ2) is 6.76. The standard InChI is InChI=1S/C17H19N5O3/c1-10-4-6-14(25-3)13(8-10)21-15(23)7-5-12-11(2)20-17-18-9-19-22(17)16(12)24/h4,6,8-9H,5,7H2,1-3H3,(H,21,23)(H,18,19,20). The van der Waals surface area contributed by atoms with Gasteiger partial charge in [-0.25, -0.2) is 9.97 Å². The number of fused-ring (bicyclic) bond motifs is 1. The van der Waals surface area contributed by atoms with Crippen molar-refractivity contribution in [3.63, 3.8) is 0 Å². The molecule has 3 rings (SSSR count). The van der Waals surface area contributed by atoms with Crippen molar-refractivity contribution in [2.75, 3.05) is 12.4 Å².